The van der Waals surface area contributed by atoms with Crippen LogP contribution in [0.2, 0.25) is 0 Å². The molecule has 44 heavy (non-hydrogen) atoms. The summed E-state index contributed by atoms with van der Waals surface area (Å²) in [6.07, 6.45) is 41.9. The second-order valence-electron chi connectivity index (χ2n) is 12.9. The third-order valence-corrected chi connectivity index (χ3v) is 8.40. The van der Waals surface area contributed by atoms with Gasteiger partial charge in [0.25, 0.3) is 0 Å². The van der Waals surface area contributed by atoms with E-state index in [2.05, 4.69) is 48.8 Å². The molecule has 5 nitrogen and oxygen atoms in total. The van der Waals surface area contributed by atoms with E-state index in [-0.39, 0.29) is 24.9 Å². The zero-order chi connectivity index (χ0) is 32.2. The van der Waals surface area contributed by atoms with Gasteiger partial charge in [-0.3, -0.25) is 9.59 Å². The van der Waals surface area contributed by atoms with Crippen LogP contribution in [0.3, 0.4) is 0 Å². The maximum atomic E-state index is 12.1. The van der Waals surface area contributed by atoms with E-state index >= 15 is 0 Å². The van der Waals surface area contributed by atoms with Crippen molar-refractivity contribution in [3.8, 4) is 0 Å². The summed E-state index contributed by atoms with van der Waals surface area (Å²) in [6, 6.07) is 0. The average Bonchev–Trinajstić information content (AvgIpc) is 3.02. The molecule has 0 heterocycles. The quantitative estimate of drug-likeness (QED) is 0.0496. The van der Waals surface area contributed by atoms with Crippen molar-refractivity contribution in [3.63, 3.8) is 0 Å². The summed E-state index contributed by atoms with van der Waals surface area (Å²) in [5.74, 6) is -0.0254. The molecule has 0 saturated carbocycles. The molecule has 3 N–H and O–H groups in total. The molecule has 0 aromatic heterocycles. The lowest BCUT2D eigenvalue weighted by molar-refractivity contribution is -0.121. The number of amides is 2. The zero-order valence-corrected chi connectivity index (χ0v) is 29.4. The van der Waals surface area contributed by atoms with Crippen LogP contribution in [0.15, 0.2) is 24.3 Å². The summed E-state index contributed by atoms with van der Waals surface area (Å²) in [7, 11) is 0. The molecular weight excluding hydrogens is 544 g/mol. The first-order chi connectivity index (χ1) is 21.6. The maximum Gasteiger partial charge on any atom is 0.220 e. The predicted octanol–water partition coefficient (Wildman–Crippen LogP) is 10.7. The zero-order valence-electron chi connectivity index (χ0n) is 29.4. The van der Waals surface area contributed by atoms with Gasteiger partial charge in [0.15, 0.2) is 0 Å². The predicted molar refractivity (Wildman–Crippen MR) is 191 cm³/mol. The number of unbranched alkanes of at least 4 members (excludes halogenated alkanes) is 22. The van der Waals surface area contributed by atoms with Crippen LogP contribution in [0.4, 0.5) is 0 Å². The van der Waals surface area contributed by atoms with Gasteiger partial charge in [-0.05, 0) is 64.2 Å². The average molecular weight is 619 g/mol. The number of aliphatic hydroxyl groups excluding tert-OH is 1. The smallest absolute Gasteiger partial charge is 0.220 e. The molecule has 0 aliphatic rings. The molecule has 0 aromatic carbocycles. The van der Waals surface area contributed by atoms with Crippen LogP contribution >= 0.6 is 0 Å². The van der Waals surface area contributed by atoms with Crippen LogP contribution in [0.5, 0.6) is 0 Å². The largest absolute Gasteiger partial charge is 0.389 e. The lowest BCUT2D eigenvalue weighted by Gasteiger charge is -2.13. The molecule has 0 saturated heterocycles. The second-order valence-corrected chi connectivity index (χ2v) is 12.9. The fraction of sp³-hybridized carbons (Fsp3) is 0.846. The number of rotatable bonds is 34. The Morgan fingerprint density at radius 2 is 0.727 bits per heavy atom. The van der Waals surface area contributed by atoms with Crippen LogP contribution in [-0.2, 0) is 9.59 Å². The second kappa shape index (κ2) is 35.9. The van der Waals surface area contributed by atoms with E-state index in [9.17, 15) is 14.7 Å². The first-order valence-corrected chi connectivity index (χ1v) is 19.1. The maximum absolute atomic E-state index is 12.1. The van der Waals surface area contributed by atoms with Gasteiger partial charge in [0.1, 0.15) is 0 Å². The van der Waals surface area contributed by atoms with Crippen molar-refractivity contribution < 1.29 is 14.7 Å². The van der Waals surface area contributed by atoms with Crippen molar-refractivity contribution in [2.45, 2.75) is 200 Å². The van der Waals surface area contributed by atoms with Crippen molar-refractivity contribution in [1.29, 1.82) is 0 Å². The summed E-state index contributed by atoms with van der Waals surface area (Å²) >= 11 is 0. The highest BCUT2D eigenvalue weighted by molar-refractivity contribution is 5.76. The number of hydrogen-bond donors (Lipinski definition) is 3. The lowest BCUT2D eigenvalue weighted by atomic mass is 10.1. The van der Waals surface area contributed by atoms with E-state index in [1.54, 1.807) is 0 Å². The molecule has 0 radical (unpaired) electrons. The minimum absolute atomic E-state index is 0.0127. The number of carbonyl (C=O) groups is 2. The molecule has 0 rings (SSSR count). The van der Waals surface area contributed by atoms with E-state index in [1.165, 1.54) is 141 Å². The summed E-state index contributed by atoms with van der Waals surface area (Å²) in [5, 5.41) is 15.7. The summed E-state index contributed by atoms with van der Waals surface area (Å²) in [4.78, 5) is 24.1. The first-order valence-electron chi connectivity index (χ1n) is 19.1. The lowest BCUT2D eigenvalue weighted by Crippen LogP contribution is -2.39. The Kier molecular flexibility index (Phi) is 34.5. The fourth-order valence-electron chi connectivity index (χ4n) is 5.42. The van der Waals surface area contributed by atoms with Crippen LogP contribution in [0.25, 0.3) is 0 Å². The summed E-state index contributed by atoms with van der Waals surface area (Å²) in [6.45, 7) is 4.91. The Balaban J connectivity index is 3.45. The van der Waals surface area contributed by atoms with Crippen molar-refractivity contribution >= 4 is 11.8 Å². The highest BCUT2D eigenvalue weighted by Gasteiger charge is 2.09. The van der Waals surface area contributed by atoms with E-state index in [0.717, 1.165) is 25.7 Å². The highest BCUT2D eigenvalue weighted by atomic mass is 16.3. The molecule has 0 fully saturated rings. The van der Waals surface area contributed by atoms with Gasteiger partial charge in [-0.2, -0.15) is 0 Å². The van der Waals surface area contributed by atoms with Gasteiger partial charge in [-0.15, -0.1) is 0 Å². The third kappa shape index (κ3) is 34.9. The molecule has 0 aromatic rings. The Labute approximate surface area is 273 Å². The van der Waals surface area contributed by atoms with Gasteiger partial charge in [-0.1, -0.05) is 141 Å². The molecule has 0 unspecified atom stereocenters. The molecule has 258 valence electrons. The molecule has 0 aliphatic carbocycles. The van der Waals surface area contributed by atoms with Crippen molar-refractivity contribution in [1.82, 2.24) is 10.6 Å². The van der Waals surface area contributed by atoms with Crippen LogP contribution < -0.4 is 10.6 Å². The topological polar surface area (TPSA) is 78.4 Å². The number of hydrogen-bond acceptors (Lipinski definition) is 3. The van der Waals surface area contributed by atoms with Gasteiger partial charge in [0, 0.05) is 25.9 Å². The molecule has 0 bridgehead atoms. The van der Waals surface area contributed by atoms with E-state index < -0.39 is 6.10 Å². The summed E-state index contributed by atoms with van der Waals surface area (Å²) in [5.41, 5.74) is 0. The first kappa shape index (κ1) is 42.4. The van der Waals surface area contributed by atoms with Gasteiger partial charge < -0.3 is 15.7 Å². The SMILES string of the molecule is CCCCCCCC/C=C\CCCCCCCC(=O)NCC(O)CNC(=O)CCCCCCC/C=C\CCCCCCCC. The van der Waals surface area contributed by atoms with Crippen LogP contribution in [0.1, 0.15) is 194 Å². The minimum atomic E-state index is -0.744. The number of aliphatic hydroxyl groups is 1. The number of nitrogens with one attached hydrogen (secondary N) is 2. The Morgan fingerprint density at radius 1 is 0.455 bits per heavy atom. The van der Waals surface area contributed by atoms with Gasteiger partial charge in [-0.25, -0.2) is 0 Å². The van der Waals surface area contributed by atoms with Gasteiger partial charge >= 0.3 is 0 Å². The normalized spacial score (nSPS) is 11.7. The standard InChI is InChI=1S/C39H74N2O3/c1-3-5-7-9-11-13-15-17-19-21-23-25-27-29-31-33-38(43)40-35-37(42)36-41-39(44)34-32-30-28-26-24-22-20-18-16-14-12-10-8-6-4-2/h17-20,37,42H,3-16,21-36H2,1-2H3,(H,40,43)(H,41,44)/b19-17-,20-18-. The molecule has 0 aliphatic heterocycles. The number of allylic oxidation sites excluding steroid dienone is 4. The monoisotopic (exact) mass is 619 g/mol. The molecule has 2 amide bonds. The fourth-order valence-corrected chi connectivity index (χ4v) is 5.42. The van der Waals surface area contributed by atoms with Gasteiger partial charge in [0.05, 0.1) is 6.10 Å². The minimum Gasteiger partial charge on any atom is -0.389 e. The van der Waals surface area contributed by atoms with Crippen LogP contribution in [-0.4, -0.2) is 36.1 Å². The Bertz CT molecular complexity index is 620. The number of carbonyl (C=O) groups excluding carboxylic acids is 2. The van der Waals surface area contributed by atoms with E-state index in [1.807, 2.05) is 0 Å². The van der Waals surface area contributed by atoms with E-state index in [0.29, 0.717) is 12.8 Å². The highest BCUT2D eigenvalue weighted by Crippen LogP contribution is 2.11. The Hall–Kier alpha value is -1.62. The molecule has 0 atom stereocenters. The van der Waals surface area contributed by atoms with Gasteiger partial charge in [0.2, 0.25) is 11.8 Å². The van der Waals surface area contributed by atoms with E-state index in [4.69, 9.17) is 0 Å². The summed E-state index contributed by atoms with van der Waals surface area (Å²) < 4.78 is 0. The van der Waals surface area contributed by atoms with Crippen molar-refractivity contribution in [3.05, 3.63) is 24.3 Å². The van der Waals surface area contributed by atoms with Crippen LogP contribution in [0, 0.1) is 0 Å². The molecular formula is C39H74N2O3. The van der Waals surface area contributed by atoms with Crippen molar-refractivity contribution in [2.75, 3.05) is 13.1 Å². The Morgan fingerprint density at radius 3 is 1.05 bits per heavy atom. The van der Waals surface area contributed by atoms with Crippen molar-refractivity contribution in [2.24, 2.45) is 0 Å². The molecule has 5 heteroatoms. The molecule has 0 spiro atoms. The third-order valence-electron chi connectivity index (χ3n) is 8.40.